The summed E-state index contributed by atoms with van der Waals surface area (Å²) in [7, 11) is 0. The number of benzene rings is 3. The van der Waals surface area contributed by atoms with Crippen LogP contribution in [0, 0.1) is 0 Å². The summed E-state index contributed by atoms with van der Waals surface area (Å²) >= 11 is 0. The van der Waals surface area contributed by atoms with Crippen LogP contribution in [0.4, 0.5) is 5.69 Å². The van der Waals surface area contributed by atoms with E-state index in [9.17, 15) is 4.79 Å². The fourth-order valence-corrected chi connectivity index (χ4v) is 2.85. The second kappa shape index (κ2) is 5.25. The van der Waals surface area contributed by atoms with Crippen LogP contribution >= 0.6 is 0 Å². The van der Waals surface area contributed by atoms with Crippen molar-refractivity contribution in [3.63, 3.8) is 0 Å². The molecule has 0 aliphatic rings. The van der Waals surface area contributed by atoms with Crippen molar-refractivity contribution in [2.75, 3.05) is 5.32 Å². The average Bonchev–Trinajstić information content (AvgIpc) is 2.97. The number of hydrogen-bond donors (Lipinski definition) is 2. The number of anilines is 1. The molecule has 4 heteroatoms. The van der Waals surface area contributed by atoms with E-state index in [0.717, 1.165) is 27.8 Å². The first-order valence-corrected chi connectivity index (χ1v) is 7.45. The van der Waals surface area contributed by atoms with E-state index in [1.54, 1.807) is 0 Å². The first-order valence-electron chi connectivity index (χ1n) is 7.45. The second-order valence-corrected chi connectivity index (χ2v) is 5.58. The zero-order valence-electron chi connectivity index (χ0n) is 12.6. The summed E-state index contributed by atoms with van der Waals surface area (Å²) in [6, 6.07) is 20.3. The SMILES string of the molecule is CC(=O)Nc1ccc2[nH]nc(-c3ccc4ccccc4c3)c2c1. The maximum atomic E-state index is 11.3. The van der Waals surface area contributed by atoms with Gasteiger partial charge in [0.05, 0.1) is 11.2 Å². The molecule has 112 valence electrons. The zero-order chi connectivity index (χ0) is 15.8. The largest absolute Gasteiger partial charge is 0.326 e. The Morgan fingerprint density at radius 3 is 2.65 bits per heavy atom. The van der Waals surface area contributed by atoms with Crippen molar-refractivity contribution in [2.45, 2.75) is 6.92 Å². The topological polar surface area (TPSA) is 57.8 Å². The number of carbonyl (C=O) groups is 1. The lowest BCUT2D eigenvalue weighted by molar-refractivity contribution is -0.114. The van der Waals surface area contributed by atoms with Crippen molar-refractivity contribution < 1.29 is 4.79 Å². The average molecular weight is 301 g/mol. The quantitative estimate of drug-likeness (QED) is 0.578. The number of H-pyrrole nitrogens is 1. The highest BCUT2D eigenvalue weighted by Crippen LogP contribution is 2.30. The summed E-state index contributed by atoms with van der Waals surface area (Å²) in [6.07, 6.45) is 0. The molecule has 1 amide bonds. The van der Waals surface area contributed by atoms with Gasteiger partial charge in [-0.15, -0.1) is 0 Å². The molecule has 0 atom stereocenters. The monoisotopic (exact) mass is 301 g/mol. The summed E-state index contributed by atoms with van der Waals surface area (Å²) in [5, 5.41) is 13.7. The maximum absolute atomic E-state index is 11.3. The first kappa shape index (κ1) is 13.5. The lowest BCUT2D eigenvalue weighted by atomic mass is 10.0. The molecule has 4 aromatic rings. The van der Waals surface area contributed by atoms with E-state index in [-0.39, 0.29) is 5.91 Å². The Bertz CT molecular complexity index is 1030. The van der Waals surface area contributed by atoms with Gasteiger partial charge in [-0.05, 0) is 35.0 Å². The van der Waals surface area contributed by atoms with Gasteiger partial charge < -0.3 is 5.32 Å². The van der Waals surface area contributed by atoms with Crippen LogP contribution in [0.2, 0.25) is 0 Å². The molecule has 0 fully saturated rings. The number of hydrogen-bond acceptors (Lipinski definition) is 2. The van der Waals surface area contributed by atoms with Gasteiger partial charge in [0.15, 0.2) is 0 Å². The van der Waals surface area contributed by atoms with Crippen LogP contribution in [-0.2, 0) is 4.79 Å². The molecule has 3 aromatic carbocycles. The fraction of sp³-hybridized carbons (Fsp3) is 0.0526. The molecule has 1 aromatic heterocycles. The molecule has 4 nitrogen and oxygen atoms in total. The molecule has 0 unspecified atom stereocenters. The van der Waals surface area contributed by atoms with Gasteiger partial charge in [0.1, 0.15) is 0 Å². The van der Waals surface area contributed by atoms with Crippen LogP contribution in [0.25, 0.3) is 32.9 Å². The predicted molar refractivity (Wildman–Crippen MR) is 93.3 cm³/mol. The summed E-state index contributed by atoms with van der Waals surface area (Å²) in [4.78, 5) is 11.3. The molecule has 0 bridgehead atoms. The Balaban J connectivity index is 1.87. The Morgan fingerprint density at radius 2 is 1.83 bits per heavy atom. The van der Waals surface area contributed by atoms with Crippen LogP contribution in [0.5, 0.6) is 0 Å². The molecular weight excluding hydrogens is 286 g/mol. The van der Waals surface area contributed by atoms with E-state index in [1.807, 2.05) is 30.3 Å². The lowest BCUT2D eigenvalue weighted by Crippen LogP contribution is -2.05. The van der Waals surface area contributed by atoms with Gasteiger partial charge in [-0.2, -0.15) is 5.10 Å². The van der Waals surface area contributed by atoms with Crippen LogP contribution in [-0.4, -0.2) is 16.1 Å². The van der Waals surface area contributed by atoms with Crippen molar-refractivity contribution in [3.05, 3.63) is 60.7 Å². The maximum Gasteiger partial charge on any atom is 0.221 e. The highest BCUT2D eigenvalue weighted by Gasteiger charge is 2.10. The first-order chi connectivity index (χ1) is 11.2. The van der Waals surface area contributed by atoms with Gasteiger partial charge >= 0.3 is 0 Å². The van der Waals surface area contributed by atoms with Crippen LogP contribution in [0.1, 0.15) is 6.92 Å². The molecule has 0 saturated heterocycles. The van der Waals surface area contributed by atoms with Gasteiger partial charge in [0.25, 0.3) is 0 Å². The number of amides is 1. The zero-order valence-corrected chi connectivity index (χ0v) is 12.6. The molecule has 2 N–H and O–H groups in total. The van der Waals surface area contributed by atoms with Crippen molar-refractivity contribution in [1.29, 1.82) is 0 Å². The third kappa shape index (κ3) is 2.44. The Kier molecular flexibility index (Phi) is 3.08. The number of nitrogens with one attached hydrogen (secondary N) is 2. The number of aromatic nitrogens is 2. The summed E-state index contributed by atoms with van der Waals surface area (Å²) in [5.74, 6) is -0.0832. The highest BCUT2D eigenvalue weighted by molar-refractivity contribution is 5.99. The number of aromatic amines is 1. The molecule has 4 rings (SSSR count). The van der Waals surface area contributed by atoms with E-state index >= 15 is 0 Å². The van der Waals surface area contributed by atoms with E-state index < -0.39 is 0 Å². The third-order valence-corrected chi connectivity index (χ3v) is 3.91. The molecular formula is C19H15N3O. The summed E-state index contributed by atoms with van der Waals surface area (Å²) < 4.78 is 0. The minimum Gasteiger partial charge on any atom is -0.326 e. The third-order valence-electron chi connectivity index (χ3n) is 3.91. The van der Waals surface area contributed by atoms with Gasteiger partial charge in [-0.3, -0.25) is 9.89 Å². The number of carbonyl (C=O) groups excluding carboxylic acids is 1. The standard InChI is InChI=1S/C19H15N3O/c1-12(23)20-16-8-9-18-17(11-16)19(22-21-18)15-7-6-13-4-2-3-5-14(13)10-15/h2-11H,1H3,(H,20,23)(H,21,22). The van der Waals surface area contributed by atoms with Gasteiger partial charge in [-0.25, -0.2) is 0 Å². The number of nitrogens with zero attached hydrogens (tertiary/aromatic N) is 1. The van der Waals surface area contributed by atoms with E-state index in [4.69, 9.17) is 0 Å². The Morgan fingerprint density at radius 1 is 1.00 bits per heavy atom. The van der Waals surface area contributed by atoms with Crippen molar-refractivity contribution in [3.8, 4) is 11.3 Å². The van der Waals surface area contributed by atoms with Gasteiger partial charge in [-0.1, -0.05) is 36.4 Å². The van der Waals surface area contributed by atoms with E-state index in [1.165, 1.54) is 17.7 Å². The molecule has 0 aliphatic carbocycles. The second-order valence-electron chi connectivity index (χ2n) is 5.58. The van der Waals surface area contributed by atoms with Crippen LogP contribution < -0.4 is 5.32 Å². The molecule has 0 radical (unpaired) electrons. The van der Waals surface area contributed by atoms with Crippen molar-refractivity contribution in [1.82, 2.24) is 10.2 Å². The van der Waals surface area contributed by atoms with E-state index in [2.05, 4.69) is 45.8 Å². The minimum atomic E-state index is -0.0832. The molecule has 0 aliphatic heterocycles. The number of rotatable bonds is 2. The van der Waals surface area contributed by atoms with Crippen LogP contribution in [0.3, 0.4) is 0 Å². The number of fused-ring (bicyclic) bond motifs is 2. The summed E-state index contributed by atoms with van der Waals surface area (Å²) in [5.41, 5.74) is 3.66. The minimum absolute atomic E-state index is 0.0832. The van der Waals surface area contributed by atoms with E-state index in [0.29, 0.717) is 0 Å². The molecule has 23 heavy (non-hydrogen) atoms. The normalized spacial score (nSPS) is 11.0. The Labute approximate surface area is 133 Å². The highest BCUT2D eigenvalue weighted by atomic mass is 16.1. The van der Waals surface area contributed by atoms with Crippen molar-refractivity contribution in [2.24, 2.45) is 0 Å². The molecule has 1 heterocycles. The lowest BCUT2D eigenvalue weighted by Gasteiger charge is -2.04. The fourth-order valence-electron chi connectivity index (χ4n) is 2.85. The predicted octanol–water partition coefficient (Wildman–Crippen LogP) is 4.34. The van der Waals surface area contributed by atoms with Gasteiger partial charge in [0, 0.05) is 23.6 Å². The van der Waals surface area contributed by atoms with Gasteiger partial charge in [0.2, 0.25) is 5.91 Å². The van der Waals surface area contributed by atoms with Crippen LogP contribution in [0.15, 0.2) is 60.7 Å². The molecule has 0 saturated carbocycles. The smallest absolute Gasteiger partial charge is 0.221 e. The van der Waals surface area contributed by atoms with Crippen molar-refractivity contribution >= 4 is 33.3 Å². The summed E-state index contributed by atoms with van der Waals surface area (Å²) in [6.45, 7) is 1.50. The Hall–Kier alpha value is -3.14. The molecule has 0 spiro atoms.